The second kappa shape index (κ2) is 6.35. The summed E-state index contributed by atoms with van der Waals surface area (Å²) in [5, 5.41) is 0. The quantitative estimate of drug-likeness (QED) is 0.836. The van der Waals surface area contributed by atoms with Crippen LogP contribution in [0.25, 0.3) is 0 Å². The van der Waals surface area contributed by atoms with E-state index in [0.717, 1.165) is 26.1 Å². The molecule has 2 nitrogen and oxygen atoms in total. The number of benzene rings is 1. The predicted octanol–water partition coefficient (Wildman–Crippen LogP) is 2.82. The largest absolute Gasteiger partial charge is 0.329 e. The van der Waals surface area contributed by atoms with E-state index in [2.05, 4.69) is 42.2 Å². The average molecular weight is 246 g/mol. The van der Waals surface area contributed by atoms with Crippen LogP contribution in [0.5, 0.6) is 0 Å². The molecule has 18 heavy (non-hydrogen) atoms. The Morgan fingerprint density at radius 2 is 1.83 bits per heavy atom. The minimum atomic E-state index is 0.295. The summed E-state index contributed by atoms with van der Waals surface area (Å²) < 4.78 is 0. The van der Waals surface area contributed by atoms with Gasteiger partial charge in [-0.05, 0) is 31.4 Å². The zero-order valence-electron chi connectivity index (χ0n) is 11.6. The van der Waals surface area contributed by atoms with Gasteiger partial charge in [0.25, 0.3) is 0 Å². The lowest BCUT2D eigenvalue weighted by molar-refractivity contribution is 0.107. The van der Waals surface area contributed by atoms with Crippen molar-refractivity contribution in [1.29, 1.82) is 0 Å². The van der Waals surface area contributed by atoms with Gasteiger partial charge in [0.15, 0.2) is 0 Å². The summed E-state index contributed by atoms with van der Waals surface area (Å²) in [5.74, 6) is 0. The highest BCUT2D eigenvalue weighted by Crippen LogP contribution is 2.34. The van der Waals surface area contributed by atoms with Gasteiger partial charge in [0.05, 0.1) is 0 Å². The molecule has 1 saturated carbocycles. The zero-order valence-corrected chi connectivity index (χ0v) is 11.6. The van der Waals surface area contributed by atoms with Crippen LogP contribution in [0.15, 0.2) is 30.3 Å². The van der Waals surface area contributed by atoms with Gasteiger partial charge < -0.3 is 5.73 Å². The van der Waals surface area contributed by atoms with E-state index in [9.17, 15) is 0 Å². The maximum Gasteiger partial charge on any atom is 0.0331 e. The Morgan fingerprint density at radius 3 is 2.39 bits per heavy atom. The highest BCUT2D eigenvalue weighted by atomic mass is 15.2. The molecule has 0 atom stereocenters. The van der Waals surface area contributed by atoms with Gasteiger partial charge in [-0.25, -0.2) is 0 Å². The summed E-state index contributed by atoms with van der Waals surface area (Å²) in [6, 6.07) is 10.8. The van der Waals surface area contributed by atoms with Gasteiger partial charge in [0, 0.05) is 18.6 Å². The molecule has 2 rings (SSSR count). The topological polar surface area (TPSA) is 29.3 Å². The summed E-state index contributed by atoms with van der Waals surface area (Å²) >= 11 is 0. The Hall–Kier alpha value is -0.860. The second-order valence-electron chi connectivity index (χ2n) is 5.45. The van der Waals surface area contributed by atoms with Gasteiger partial charge >= 0.3 is 0 Å². The molecule has 100 valence electrons. The first-order valence-corrected chi connectivity index (χ1v) is 7.30. The molecule has 1 aromatic rings. The fourth-order valence-corrected chi connectivity index (χ4v) is 3.32. The fraction of sp³-hybridized carbons (Fsp3) is 0.625. The van der Waals surface area contributed by atoms with Gasteiger partial charge in [0.1, 0.15) is 0 Å². The molecule has 0 saturated heterocycles. The van der Waals surface area contributed by atoms with E-state index in [1.165, 1.54) is 31.2 Å². The molecule has 1 aromatic carbocycles. The molecule has 1 aliphatic carbocycles. The zero-order chi connectivity index (χ0) is 12.8. The lowest BCUT2D eigenvalue weighted by Gasteiger charge is -2.40. The number of hydrogen-bond donors (Lipinski definition) is 1. The first-order chi connectivity index (χ1) is 8.80. The van der Waals surface area contributed by atoms with Gasteiger partial charge in [-0.3, -0.25) is 4.90 Å². The molecular weight excluding hydrogens is 220 g/mol. The molecule has 0 spiro atoms. The molecule has 0 aliphatic heterocycles. The van der Waals surface area contributed by atoms with Crippen LogP contribution in [0, 0.1) is 0 Å². The first-order valence-electron chi connectivity index (χ1n) is 7.30. The van der Waals surface area contributed by atoms with Crippen molar-refractivity contribution in [3.05, 3.63) is 35.9 Å². The van der Waals surface area contributed by atoms with E-state index in [-0.39, 0.29) is 0 Å². The average Bonchev–Trinajstić information content (AvgIpc) is 2.91. The van der Waals surface area contributed by atoms with Crippen LogP contribution >= 0.6 is 0 Å². The maximum atomic E-state index is 6.07. The van der Waals surface area contributed by atoms with Gasteiger partial charge in [-0.2, -0.15) is 0 Å². The number of nitrogens with zero attached hydrogens (tertiary/aromatic N) is 1. The van der Waals surface area contributed by atoms with Crippen LogP contribution in [0.3, 0.4) is 0 Å². The number of rotatable bonds is 6. The van der Waals surface area contributed by atoms with E-state index in [4.69, 9.17) is 5.73 Å². The molecule has 0 heterocycles. The minimum absolute atomic E-state index is 0.295. The molecule has 2 heteroatoms. The van der Waals surface area contributed by atoms with Crippen molar-refractivity contribution in [3.8, 4) is 0 Å². The predicted molar refractivity (Wildman–Crippen MR) is 77.6 cm³/mol. The van der Waals surface area contributed by atoms with Crippen molar-refractivity contribution in [2.24, 2.45) is 5.73 Å². The molecular formula is C16H26N2. The summed E-state index contributed by atoms with van der Waals surface area (Å²) in [6.45, 7) is 5.33. The van der Waals surface area contributed by atoms with E-state index in [0.29, 0.717) is 5.54 Å². The minimum Gasteiger partial charge on any atom is -0.329 e. The van der Waals surface area contributed by atoms with E-state index < -0.39 is 0 Å². The second-order valence-corrected chi connectivity index (χ2v) is 5.45. The molecule has 0 aromatic heterocycles. The van der Waals surface area contributed by atoms with E-state index in [1.54, 1.807) is 0 Å². The van der Waals surface area contributed by atoms with Crippen LogP contribution in [0.4, 0.5) is 0 Å². The molecule has 1 fully saturated rings. The Labute approximate surface area is 111 Å². The van der Waals surface area contributed by atoms with Crippen molar-refractivity contribution in [2.45, 2.75) is 44.6 Å². The summed E-state index contributed by atoms with van der Waals surface area (Å²) in [5.41, 5.74) is 7.80. The van der Waals surface area contributed by atoms with Crippen LogP contribution in [-0.4, -0.2) is 30.1 Å². The van der Waals surface area contributed by atoms with E-state index in [1.807, 2.05) is 0 Å². The lowest BCUT2D eigenvalue weighted by atomic mass is 9.94. The third-order valence-electron chi connectivity index (χ3n) is 4.48. The van der Waals surface area contributed by atoms with Crippen LogP contribution in [0.1, 0.15) is 38.2 Å². The molecule has 1 aliphatic rings. The third-order valence-corrected chi connectivity index (χ3v) is 4.48. The SMILES string of the molecule is CCN(CCc1ccccc1)C1(CN)CCCC1. The smallest absolute Gasteiger partial charge is 0.0331 e. The Balaban J connectivity index is 1.96. The van der Waals surface area contributed by atoms with Crippen molar-refractivity contribution < 1.29 is 0 Å². The number of likely N-dealkylation sites (N-methyl/N-ethyl adjacent to an activating group) is 1. The van der Waals surface area contributed by atoms with Crippen molar-refractivity contribution in [2.75, 3.05) is 19.6 Å². The molecule has 0 unspecified atom stereocenters. The standard InChI is InChI=1S/C16H26N2/c1-2-18(16(14-17)11-6-7-12-16)13-10-15-8-4-3-5-9-15/h3-5,8-9H,2,6-7,10-14,17H2,1H3. The van der Waals surface area contributed by atoms with Crippen LogP contribution < -0.4 is 5.73 Å². The monoisotopic (exact) mass is 246 g/mol. The Bertz CT molecular complexity index is 341. The van der Waals surface area contributed by atoms with Gasteiger partial charge in [-0.1, -0.05) is 50.1 Å². The maximum absolute atomic E-state index is 6.07. The number of nitrogens with two attached hydrogens (primary N) is 1. The third kappa shape index (κ3) is 2.93. The van der Waals surface area contributed by atoms with Crippen molar-refractivity contribution in [1.82, 2.24) is 4.90 Å². The molecule has 0 radical (unpaired) electrons. The highest BCUT2D eigenvalue weighted by molar-refractivity contribution is 5.15. The first kappa shape index (κ1) is 13.6. The van der Waals surface area contributed by atoms with Crippen LogP contribution in [-0.2, 0) is 6.42 Å². The molecule has 0 amide bonds. The van der Waals surface area contributed by atoms with Crippen molar-refractivity contribution >= 4 is 0 Å². The summed E-state index contributed by atoms with van der Waals surface area (Å²) in [4.78, 5) is 2.62. The summed E-state index contributed by atoms with van der Waals surface area (Å²) in [6.07, 6.45) is 6.40. The Kier molecular flexibility index (Phi) is 4.79. The Morgan fingerprint density at radius 1 is 1.17 bits per heavy atom. The van der Waals surface area contributed by atoms with Crippen molar-refractivity contribution in [3.63, 3.8) is 0 Å². The summed E-state index contributed by atoms with van der Waals surface area (Å²) in [7, 11) is 0. The fourth-order valence-electron chi connectivity index (χ4n) is 3.32. The van der Waals surface area contributed by atoms with E-state index >= 15 is 0 Å². The lowest BCUT2D eigenvalue weighted by Crippen LogP contribution is -2.52. The van der Waals surface area contributed by atoms with Gasteiger partial charge in [0.2, 0.25) is 0 Å². The number of hydrogen-bond acceptors (Lipinski definition) is 2. The molecule has 2 N–H and O–H groups in total. The molecule has 0 bridgehead atoms. The van der Waals surface area contributed by atoms with Gasteiger partial charge in [-0.15, -0.1) is 0 Å². The normalized spacial score (nSPS) is 18.4. The highest BCUT2D eigenvalue weighted by Gasteiger charge is 2.37. The van der Waals surface area contributed by atoms with Crippen LogP contribution in [0.2, 0.25) is 0 Å².